The SMILES string of the molecule is C[C@H](Nc1ccnc2ccnn12)c1cc2cccc(Cl)c2c(CCN2CCOCC2)n1. The largest absolute Gasteiger partial charge is 0.379 e. The molecule has 4 heterocycles. The van der Waals surface area contributed by atoms with Gasteiger partial charge < -0.3 is 10.1 Å². The molecule has 1 aromatic carbocycles. The van der Waals surface area contributed by atoms with Crippen LogP contribution in [0.5, 0.6) is 0 Å². The molecule has 160 valence electrons. The number of hydrogen-bond acceptors (Lipinski definition) is 6. The Bertz CT molecular complexity index is 1200. The maximum atomic E-state index is 6.59. The van der Waals surface area contributed by atoms with Crippen LogP contribution in [0.3, 0.4) is 0 Å². The molecule has 0 amide bonds. The highest BCUT2D eigenvalue weighted by atomic mass is 35.5. The van der Waals surface area contributed by atoms with E-state index in [0.29, 0.717) is 0 Å². The normalized spacial score (nSPS) is 16.1. The van der Waals surface area contributed by atoms with E-state index in [-0.39, 0.29) is 6.04 Å². The van der Waals surface area contributed by atoms with Gasteiger partial charge in [-0.25, -0.2) is 4.98 Å². The number of aromatic nitrogens is 4. The lowest BCUT2D eigenvalue weighted by Crippen LogP contribution is -2.37. The van der Waals surface area contributed by atoms with Crippen LogP contribution in [-0.4, -0.2) is 57.3 Å². The molecule has 0 aliphatic carbocycles. The summed E-state index contributed by atoms with van der Waals surface area (Å²) in [6, 6.07) is 12.0. The molecule has 0 unspecified atom stereocenters. The van der Waals surface area contributed by atoms with Gasteiger partial charge in [0.2, 0.25) is 0 Å². The van der Waals surface area contributed by atoms with Crippen molar-refractivity contribution >= 4 is 33.8 Å². The van der Waals surface area contributed by atoms with Gasteiger partial charge in [-0.15, -0.1) is 0 Å². The zero-order chi connectivity index (χ0) is 21.2. The quantitative estimate of drug-likeness (QED) is 0.493. The lowest BCUT2D eigenvalue weighted by molar-refractivity contribution is 0.0384. The number of ether oxygens (including phenoxy) is 1. The maximum Gasteiger partial charge on any atom is 0.157 e. The Kier molecular flexibility index (Phi) is 5.72. The fourth-order valence-corrected chi connectivity index (χ4v) is 4.39. The number of anilines is 1. The number of nitrogens with one attached hydrogen (secondary N) is 1. The van der Waals surface area contributed by atoms with E-state index in [1.165, 1.54) is 0 Å². The van der Waals surface area contributed by atoms with Gasteiger partial charge in [0.1, 0.15) is 5.82 Å². The van der Waals surface area contributed by atoms with E-state index in [1.807, 2.05) is 24.3 Å². The van der Waals surface area contributed by atoms with Gasteiger partial charge in [-0.05, 0) is 30.5 Å². The van der Waals surface area contributed by atoms with Crippen LogP contribution in [0.15, 0.2) is 48.8 Å². The number of morpholine rings is 1. The van der Waals surface area contributed by atoms with Crippen molar-refractivity contribution in [3.05, 3.63) is 65.2 Å². The highest BCUT2D eigenvalue weighted by molar-refractivity contribution is 6.35. The van der Waals surface area contributed by atoms with Gasteiger partial charge in [-0.2, -0.15) is 9.61 Å². The topological polar surface area (TPSA) is 67.6 Å². The van der Waals surface area contributed by atoms with E-state index in [9.17, 15) is 0 Å². The van der Waals surface area contributed by atoms with E-state index in [1.54, 1.807) is 16.9 Å². The van der Waals surface area contributed by atoms with Crippen LogP contribution in [0, 0.1) is 0 Å². The fraction of sp³-hybridized carbons (Fsp3) is 0.348. The number of hydrogen-bond donors (Lipinski definition) is 1. The molecule has 7 nitrogen and oxygen atoms in total. The molecular formula is C23H25ClN6O. The van der Waals surface area contributed by atoms with Crippen LogP contribution in [-0.2, 0) is 11.2 Å². The number of fused-ring (bicyclic) bond motifs is 2. The van der Waals surface area contributed by atoms with Gasteiger partial charge in [0.25, 0.3) is 0 Å². The summed E-state index contributed by atoms with van der Waals surface area (Å²) in [5.41, 5.74) is 2.82. The van der Waals surface area contributed by atoms with Crippen LogP contribution >= 0.6 is 11.6 Å². The van der Waals surface area contributed by atoms with Gasteiger partial charge in [0, 0.05) is 43.7 Å². The second-order valence-corrected chi connectivity index (χ2v) is 8.24. The molecule has 1 aliphatic rings. The Morgan fingerprint density at radius 3 is 2.90 bits per heavy atom. The molecule has 0 bridgehead atoms. The first-order chi connectivity index (χ1) is 15.2. The Balaban J connectivity index is 1.46. The molecule has 0 radical (unpaired) electrons. The molecule has 8 heteroatoms. The number of benzene rings is 1. The summed E-state index contributed by atoms with van der Waals surface area (Å²) >= 11 is 6.59. The number of rotatable bonds is 6. The molecule has 1 atom stereocenters. The van der Waals surface area contributed by atoms with Crippen LogP contribution in [0.25, 0.3) is 16.4 Å². The van der Waals surface area contributed by atoms with Crippen LogP contribution in [0.4, 0.5) is 5.82 Å². The van der Waals surface area contributed by atoms with Crippen molar-refractivity contribution in [1.29, 1.82) is 0 Å². The first-order valence-corrected chi connectivity index (χ1v) is 11.0. The molecule has 1 aliphatic heterocycles. The fourth-order valence-electron chi connectivity index (χ4n) is 4.10. The maximum absolute atomic E-state index is 6.59. The highest BCUT2D eigenvalue weighted by Crippen LogP contribution is 2.29. The molecule has 31 heavy (non-hydrogen) atoms. The molecular weight excluding hydrogens is 412 g/mol. The zero-order valence-electron chi connectivity index (χ0n) is 17.5. The summed E-state index contributed by atoms with van der Waals surface area (Å²) < 4.78 is 7.27. The third kappa shape index (κ3) is 4.21. The third-order valence-corrected chi connectivity index (χ3v) is 6.08. The summed E-state index contributed by atoms with van der Waals surface area (Å²) in [7, 11) is 0. The highest BCUT2D eigenvalue weighted by Gasteiger charge is 2.17. The predicted octanol–water partition coefficient (Wildman–Crippen LogP) is 3.98. The summed E-state index contributed by atoms with van der Waals surface area (Å²) in [4.78, 5) is 11.8. The van der Waals surface area contributed by atoms with Crippen LogP contribution < -0.4 is 5.32 Å². The summed E-state index contributed by atoms with van der Waals surface area (Å²) in [6.07, 6.45) is 4.38. The van der Waals surface area contributed by atoms with Crippen molar-refractivity contribution in [3.8, 4) is 0 Å². The molecule has 4 aromatic rings. The summed E-state index contributed by atoms with van der Waals surface area (Å²) in [6.45, 7) is 6.57. The minimum atomic E-state index is -0.0136. The standard InChI is InChI=1S/C23H25ClN6O/c1-16(27-22-5-8-25-21-6-9-26-30(21)22)20-15-17-3-2-4-18(24)23(17)19(28-20)7-10-29-11-13-31-14-12-29/h2-6,8-9,15-16,27H,7,10-14H2,1H3/t16-/m0/s1. The average molecular weight is 437 g/mol. The van der Waals surface area contributed by atoms with Crippen LogP contribution in [0.1, 0.15) is 24.4 Å². The van der Waals surface area contributed by atoms with E-state index < -0.39 is 0 Å². The van der Waals surface area contributed by atoms with Crippen molar-refractivity contribution in [3.63, 3.8) is 0 Å². The van der Waals surface area contributed by atoms with Gasteiger partial charge in [-0.3, -0.25) is 9.88 Å². The van der Waals surface area contributed by atoms with Crippen molar-refractivity contribution in [2.75, 3.05) is 38.2 Å². The number of pyridine rings is 1. The summed E-state index contributed by atoms with van der Waals surface area (Å²) in [5, 5.41) is 10.8. The first-order valence-electron chi connectivity index (χ1n) is 10.6. The Morgan fingerprint density at radius 1 is 1.16 bits per heavy atom. The smallest absolute Gasteiger partial charge is 0.157 e. The van der Waals surface area contributed by atoms with Crippen molar-refractivity contribution < 1.29 is 4.74 Å². The van der Waals surface area contributed by atoms with Gasteiger partial charge in [0.15, 0.2) is 5.65 Å². The lowest BCUT2D eigenvalue weighted by Gasteiger charge is -2.26. The van der Waals surface area contributed by atoms with Gasteiger partial charge in [0.05, 0.1) is 41.9 Å². The molecule has 0 saturated carbocycles. The van der Waals surface area contributed by atoms with Gasteiger partial charge >= 0.3 is 0 Å². The Labute approximate surface area is 186 Å². The zero-order valence-corrected chi connectivity index (χ0v) is 18.2. The minimum Gasteiger partial charge on any atom is -0.379 e. The van der Waals surface area contributed by atoms with E-state index in [4.69, 9.17) is 21.3 Å². The summed E-state index contributed by atoms with van der Waals surface area (Å²) in [5.74, 6) is 0.880. The number of nitrogens with zero attached hydrogens (tertiary/aromatic N) is 5. The molecule has 1 N–H and O–H groups in total. The average Bonchev–Trinajstić information content (AvgIpc) is 3.28. The lowest BCUT2D eigenvalue weighted by atomic mass is 10.0. The monoisotopic (exact) mass is 436 g/mol. The third-order valence-electron chi connectivity index (χ3n) is 5.77. The molecule has 3 aromatic heterocycles. The molecule has 0 spiro atoms. The van der Waals surface area contributed by atoms with E-state index in [2.05, 4.69) is 39.4 Å². The van der Waals surface area contributed by atoms with E-state index in [0.717, 1.165) is 77.9 Å². The second kappa shape index (κ2) is 8.78. The molecule has 5 rings (SSSR count). The van der Waals surface area contributed by atoms with Crippen molar-refractivity contribution in [1.82, 2.24) is 24.5 Å². The Hall–Kier alpha value is -2.74. The first kappa shape index (κ1) is 20.2. The minimum absolute atomic E-state index is 0.0136. The van der Waals surface area contributed by atoms with Gasteiger partial charge in [-0.1, -0.05) is 23.7 Å². The van der Waals surface area contributed by atoms with Crippen molar-refractivity contribution in [2.24, 2.45) is 0 Å². The Morgan fingerprint density at radius 2 is 2.03 bits per heavy atom. The molecule has 1 fully saturated rings. The van der Waals surface area contributed by atoms with E-state index >= 15 is 0 Å². The predicted molar refractivity (Wildman–Crippen MR) is 123 cm³/mol. The van der Waals surface area contributed by atoms with Crippen LogP contribution in [0.2, 0.25) is 5.02 Å². The molecule has 1 saturated heterocycles. The second-order valence-electron chi connectivity index (χ2n) is 7.83. The number of halogens is 1. The van der Waals surface area contributed by atoms with Crippen molar-refractivity contribution in [2.45, 2.75) is 19.4 Å².